The zero-order valence-electron chi connectivity index (χ0n) is 25.7. The average molecular weight is 729 g/mol. The summed E-state index contributed by atoms with van der Waals surface area (Å²) in [5.41, 5.74) is 11.2. The van der Waals surface area contributed by atoms with Crippen molar-refractivity contribution in [1.29, 1.82) is 0 Å². The minimum absolute atomic E-state index is 0.0372. The maximum Gasteiger partial charge on any atom is 0.296 e. The topological polar surface area (TPSA) is 289 Å². The number of hydrogen-bond acceptors (Lipinski definition) is 14. The van der Waals surface area contributed by atoms with Crippen molar-refractivity contribution >= 4 is 87.3 Å². The van der Waals surface area contributed by atoms with E-state index in [2.05, 4.69) is 25.6 Å². The maximum absolute atomic E-state index is 13.0. The van der Waals surface area contributed by atoms with Gasteiger partial charge >= 0.3 is 0 Å². The fourth-order valence-corrected chi connectivity index (χ4v) is 6.30. The quantitative estimate of drug-likeness (QED) is 0.0288. The van der Waals surface area contributed by atoms with Crippen molar-refractivity contribution in [1.82, 2.24) is 0 Å². The summed E-state index contributed by atoms with van der Waals surface area (Å²) in [6.07, 6.45) is 0. The molecule has 0 heterocycles. The molecule has 19 heteroatoms. The van der Waals surface area contributed by atoms with Crippen molar-refractivity contribution in [3.05, 3.63) is 102 Å². The summed E-state index contributed by atoms with van der Waals surface area (Å²) in [4.78, 5) is -1.17. The molecule has 0 amide bonds. The Morgan fingerprint density at radius 2 is 1.10 bits per heavy atom. The fraction of sp³-hybridized carbons (Fsp3) is 0. The molecule has 17 nitrogen and oxygen atoms in total. The van der Waals surface area contributed by atoms with E-state index in [0.29, 0.717) is 5.69 Å². The number of benzene rings is 6. The lowest BCUT2D eigenvalue weighted by atomic mass is 10.1. The molecule has 0 atom stereocenters. The van der Waals surface area contributed by atoms with E-state index in [-0.39, 0.29) is 54.8 Å². The standard InChI is InChI=1S/C32H24N8O9S2/c33-19-9-10-25-18(11-19)13-28(51(47,48)49)29(31(25)41)37-36-22-4-2-6-24(16-22)40(43)39-23-5-1-3-21(15-23)35-38-30-27(50(44,45)46)12-17-7-8-20(34)14-26(17)32(30)42/h1-16,41-42H,33-34H2,(H,44,45,46)(H,47,48,49). The summed E-state index contributed by atoms with van der Waals surface area (Å²) < 4.78 is 68.0. The van der Waals surface area contributed by atoms with Crippen LogP contribution >= 0.6 is 0 Å². The van der Waals surface area contributed by atoms with Crippen LogP contribution in [0.3, 0.4) is 0 Å². The predicted octanol–water partition coefficient (Wildman–Crippen LogP) is 7.82. The lowest BCUT2D eigenvalue weighted by molar-refractivity contribution is -0.435. The minimum atomic E-state index is -4.86. The first-order valence-corrected chi connectivity index (χ1v) is 17.2. The van der Waals surface area contributed by atoms with Gasteiger partial charge in [0.2, 0.25) is 5.69 Å². The van der Waals surface area contributed by atoms with Crippen molar-refractivity contribution < 1.29 is 41.0 Å². The summed E-state index contributed by atoms with van der Waals surface area (Å²) in [6.45, 7) is 0. The second kappa shape index (κ2) is 13.1. The largest absolute Gasteiger partial charge is 0.594 e. The van der Waals surface area contributed by atoms with Gasteiger partial charge in [0.15, 0.2) is 11.5 Å². The number of phenolic OH excluding ortho intramolecular Hbond substituents is 2. The molecule has 0 aliphatic carbocycles. The van der Waals surface area contributed by atoms with Crippen LogP contribution in [-0.2, 0) is 20.2 Å². The molecule has 0 spiro atoms. The first kappa shape index (κ1) is 34.3. The highest BCUT2D eigenvalue weighted by Crippen LogP contribution is 2.43. The van der Waals surface area contributed by atoms with Gasteiger partial charge in [-0.05, 0) is 77.5 Å². The third-order valence-corrected chi connectivity index (χ3v) is 9.06. The molecular formula is C32H24N8O9S2. The summed E-state index contributed by atoms with van der Waals surface area (Å²) in [7, 11) is -9.70. The molecule has 6 aromatic rings. The predicted molar refractivity (Wildman–Crippen MR) is 186 cm³/mol. The highest BCUT2D eigenvalue weighted by Gasteiger charge is 2.23. The third kappa shape index (κ3) is 7.26. The highest BCUT2D eigenvalue weighted by molar-refractivity contribution is 7.86. The normalized spacial score (nSPS) is 12.8. The number of rotatable bonds is 8. The Morgan fingerprint density at radius 1 is 0.569 bits per heavy atom. The number of azo groups is 3. The van der Waals surface area contributed by atoms with Crippen LogP contribution in [0.5, 0.6) is 11.5 Å². The second-order valence-corrected chi connectivity index (χ2v) is 13.6. The van der Waals surface area contributed by atoms with Crippen molar-refractivity contribution in [2.45, 2.75) is 9.79 Å². The molecular weight excluding hydrogens is 705 g/mol. The molecule has 51 heavy (non-hydrogen) atoms. The van der Waals surface area contributed by atoms with E-state index in [9.17, 15) is 41.4 Å². The zero-order valence-corrected chi connectivity index (χ0v) is 27.4. The zero-order chi connectivity index (χ0) is 36.7. The Kier molecular flexibility index (Phi) is 8.79. The number of nitrogens with two attached hydrogens (primary N) is 2. The number of hydrogen-bond donors (Lipinski definition) is 6. The summed E-state index contributed by atoms with van der Waals surface area (Å²) in [5, 5.41) is 55.1. The van der Waals surface area contributed by atoms with Crippen molar-refractivity contribution in [3.8, 4) is 11.5 Å². The molecule has 0 radical (unpaired) electrons. The third-order valence-electron chi connectivity index (χ3n) is 7.33. The van der Waals surface area contributed by atoms with Gasteiger partial charge in [0.25, 0.3) is 20.2 Å². The van der Waals surface area contributed by atoms with Crippen LogP contribution in [-0.4, -0.2) is 41.0 Å². The van der Waals surface area contributed by atoms with Crippen LogP contribution in [0.2, 0.25) is 0 Å². The van der Waals surface area contributed by atoms with E-state index < -0.39 is 52.9 Å². The van der Waals surface area contributed by atoms with Crippen LogP contribution < -0.4 is 11.5 Å². The Morgan fingerprint density at radius 3 is 1.75 bits per heavy atom. The minimum Gasteiger partial charge on any atom is -0.594 e. The van der Waals surface area contributed by atoms with Crippen LogP contribution in [0, 0.1) is 5.21 Å². The monoisotopic (exact) mass is 728 g/mol. The van der Waals surface area contributed by atoms with Gasteiger partial charge in [-0.3, -0.25) is 9.11 Å². The molecule has 0 fully saturated rings. The Balaban J connectivity index is 1.30. The summed E-state index contributed by atoms with van der Waals surface area (Å²) in [5.74, 6) is -1.16. The lowest BCUT2D eigenvalue weighted by Crippen LogP contribution is -1.99. The van der Waals surface area contributed by atoms with E-state index in [1.54, 1.807) is 0 Å². The number of nitrogen functional groups attached to an aromatic ring is 2. The average Bonchev–Trinajstić information content (AvgIpc) is 3.07. The Labute approximate surface area is 288 Å². The van der Waals surface area contributed by atoms with E-state index in [0.717, 1.165) is 12.1 Å². The highest BCUT2D eigenvalue weighted by atomic mass is 32.2. The van der Waals surface area contributed by atoms with E-state index in [4.69, 9.17) is 11.5 Å². The number of phenols is 2. The van der Waals surface area contributed by atoms with Gasteiger partial charge in [0.1, 0.15) is 26.9 Å². The smallest absolute Gasteiger partial charge is 0.296 e. The van der Waals surface area contributed by atoms with Gasteiger partial charge in [-0.1, -0.05) is 23.1 Å². The first-order valence-electron chi connectivity index (χ1n) is 14.4. The molecule has 6 rings (SSSR count). The lowest BCUT2D eigenvalue weighted by Gasteiger charge is -2.09. The van der Waals surface area contributed by atoms with Gasteiger partial charge < -0.3 is 26.9 Å². The van der Waals surface area contributed by atoms with Gasteiger partial charge in [-0.2, -0.15) is 27.1 Å². The van der Waals surface area contributed by atoms with E-state index in [1.165, 1.54) is 84.9 Å². The molecule has 0 unspecified atom stereocenters. The maximum atomic E-state index is 13.0. The molecule has 258 valence electrons. The molecule has 0 aliphatic rings. The second-order valence-electron chi connectivity index (χ2n) is 10.9. The van der Waals surface area contributed by atoms with Crippen LogP contribution in [0.25, 0.3) is 21.5 Å². The van der Waals surface area contributed by atoms with Crippen LogP contribution in [0.4, 0.5) is 45.5 Å². The van der Waals surface area contributed by atoms with Gasteiger partial charge in [0, 0.05) is 39.4 Å². The molecule has 6 aromatic carbocycles. The van der Waals surface area contributed by atoms with Crippen LogP contribution in [0.15, 0.2) is 132 Å². The molecule has 0 aliphatic heterocycles. The molecule has 0 saturated carbocycles. The van der Waals surface area contributed by atoms with Gasteiger partial charge in [0.05, 0.1) is 11.4 Å². The van der Waals surface area contributed by atoms with Crippen molar-refractivity contribution in [3.63, 3.8) is 0 Å². The van der Waals surface area contributed by atoms with E-state index in [1.807, 2.05) is 0 Å². The number of nitrogens with zero attached hydrogens (tertiary/aromatic N) is 6. The first-order chi connectivity index (χ1) is 24.1. The summed E-state index contributed by atoms with van der Waals surface area (Å²) >= 11 is 0. The molecule has 0 saturated heterocycles. The van der Waals surface area contributed by atoms with Crippen molar-refractivity contribution in [2.75, 3.05) is 11.5 Å². The Bertz CT molecular complexity index is 2720. The van der Waals surface area contributed by atoms with Crippen LogP contribution in [0.1, 0.15) is 0 Å². The fourth-order valence-electron chi connectivity index (χ4n) is 4.99. The number of anilines is 2. The molecule has 8 N–H and O–H groups in total. The Hall–Kier alpha value is -6.54. The van der Waals surface area contributed by atoms with Crippen molar-refractivity contribution in [2.24, 2.45) is 25.6 Å². The molecule has 0 bridgehead atoms. The SMILES string of the molecule is Nc1ccc2c(O)c(N=Nc3cccc([N+]([O-])=Nc4cccc(N=Nc5c(S(=O)(=O)O)cc6ccc(N)cc6c5O)c4)c3)c(S(=O)(=O)O)cc2c1. The van der Waals surface area contributed by atoms with Gasteiger partial charge in [-0.25, -0.2) is 0 Å². The van der Waals surface area contributed by atoms with E-state index >= 15 is 0 Å². The summed E-state index contributed by atoms with van der Waals surface area (Å²) in [6, 6.07) is 22.2. The van der Waals surface area contributed by atoms with Gasteiger partial charge in [-0.15, -0.1) is 10.2 Å². The molecule has 0 aromatic heterocycles. The number of fused-ring (bicyclic) bond motifs is 2. The number of aromatic hydroxyl groups is 2.